The zero-order valence-electron chi connectivity index (χ0n) is 51.0. The van der Waals surface area contributed by atoms with Crippen molar-refractivity contribution >= 4 is 53.5 Å². The summed E-state index contributed by atoms with van der Waals surface area (Å²) in [5.74, 6) is -6.67. The van der Waals surface area contributed by atoms with Crippen molar-refractivity contribution in [3.8, 4) is 0 Å². The predicted octanol–water partition coefficient (Wildman–Crippen LogP) is 3.83. The normalized spacial score (nSPS) is 16.0. The first-order chi connectivity index (χ1) is 41.9. The number of piperazine rings is 2. The summed E-state index contributed by atoms with van der Waals surface area (Å²) in [6, 6.07) is 34.0. The number of imidazole rings is 1. The Morgan fingerprint density at radius 3 is 1.73 bits per heavy atom. The largest absolute Gasteiger partial charge is 0.480 e. The molecular formula is C64H79N9O15. The zero-order valence-corrected chi connectivity index (χ0v) is 51.0. The van der Waals surface area contributed by atoms with Gasteiger partial charge in [-0.3, -0.25) is 38.4 Å². The average molecular weight is 1210 g/mol. The molecule has 3 heterocycles. The zero-order chi connectivity index (χ0) is 63.8. The summed E-state index contributed by atoms with van der Waals surface area (Å²) in [6.07, 6.45) is 0.568. The van der Waals surface area contributed by atoms with Crippen LogP contribution in [0.25, 0.3) is 0 Å². The van der Waals surface area contributed by atoms with Crippen molar-refractivity contribution in [2.24, 2.45) is 0 Å². The van der Waals surface area contributed by atoms with E-state index in [1.165, 1.54) is 24.0 Å². The van der Waals surface area contributed by atoms with Gasteiger partial charge in [0.2, 0.25) is 35.4 Å². The molecule has 3 atom stereocenters. The molecule has 24 nitrogen and oxygen atoms in total. The molecule has 4 aromatic carbocycles. The van der Waals surface area contributed by atoms with Crippen molar-refractivity contribution < 1.29 is 71.9 Å². The van der Waals surface area contributed by atoms with Crippen molar-refractivity contribution in [1.82, 2.24) is 44.7 Å². The molecular weight excluding hydrogens is 1130 g/mol. The van der Waals surface area contributed by atoms with E-state index in [1.807, 2.05) is 102 Å². The molecule has 24 heteroatoms. The lowest BCUT2D eigenvalue weighted by Gasteiger charge is -2.43. The lowest BCUT2D eigenvalue weighted by molar-refractivity contribution is -0.162. The van der Waals surface area contributed by atoms with Gasteiger partial charge in [0.05, 0.1) is 43.7 Å². The summed E-state index contributed by atoms with van der Waals surface area (Å²) in [5.41, 5.74) is 1.03. The van der Waals surface area contributed by atoms with Crippen LogP contribution in [-0.4, -0.2) is 208 Å². The highest BCUT2D eigenvalue weighted by Crippen LogP contribution is 2.41. The van der Waals surface area contributed by atoms with Gasteiger partial charge < -0.3 is 68.5 Å². The fourth-order valence-electron chi connectivity index (χ4n) is 10.6. The minimum absolute atomic E-state index is 0.112. The molecule has 0 unspecified atom stereocenters. The Kier molecular flexibility index (Phi) is 22.7. The predicted molar refractivity (Wildman–Crippen MR) is 319 cm³/mol. The van der Waals surface area contributed by atoms with Gasteiger partial charge in [-0.15, -0.1) is 0 Å². The Balaban J connectivity index is 1.23. The Morgan fingerprint density at radius 1 is 0.682 bits per heavy atom. The van der Waals surface area contributed by atoms with E-state index in [9.17, 15) is 38.7 Å². The van der Waals surface area contributed by atoms with E-state index >= 15 is 9.59 Å². The van der Waals surface area contributed by atoms with Gasteiger partial charge in [-0.2, -0.15) is 0 Å². The van der Waals surface area contributed by atoms with E-state index in [1.54, 1.807) is 78.3 Å². The number of ether oxygens (including phenoxy) is 5. The number of carbonyl (C=O) groups excluding carboxylic acids is 8. The standard InChI is InChI=1S/C64H79N9O15/c1-62(2,3)87-42-49(67-61(83)86-41-44-21-13-9-14-22-44)58(80)70(40-57(84-7)85-8)38-54(76)72-31-29-68(37-53(75)73-32-30-69(39-55(77)78)60(82)51(73)34-52(74)65-35-56(79)88-63(4,5)6)59(81)50(72)33-48-36-71(43-66-48)64(45-23-15-10-16-24-45,46-25-17-11-18-26-46)47-27-19-12-20-28-47/h9-28,36,43,49-51,57H,29-35,37-42H2,1-8H3,(H,65,74)(H,67,83)(H,77,78)/t49-,50-,51-/m0/s1. The molecule has 0 saturated carbocycles. The fourth-order valence-corrected chi connectivity index (χ4v) is 10.6. The summed E-state index contributed by atoms with van der Waals surface area (Å²) < 4.78 is 29.8. The van der Waals surface area contributed by atoms with Gasteiger partial charge in [-0.25, -0.2) is 9.78 Å². The van der Waals surface area contributed by atoms with Gasteiger partial charge >= 0.3 is 18.0 Å². The van der Waals surface area contributed by atoms with Gasteiger partial charge in [-0.05, 0) is 63.8 Å². The summed E-state index contributed by atoms with van der Waals surface area (Å²) in [7, 11) is 2.70. The Hall–Kier alpha value is -9.00. The third-order valence-electron chi connectivity index (χ3n) is 14.7. The third kappa shape index (κ3) is 17.6. The van der Waals surface area contributed by atoms with E-state index < -0.39 is 127 Å². The molecule has 2 saturated heterocycles. The minimum atomic E-state index is -1.53. The van der Waals surface area contributed by atoms with Gasteiger partial charge in [0.1, 0.15) is 55.5 Å². The van der Waals surface area contributed by atoms with Crippen molar-refractivity contribution in [3.05, 3.63) is 162 Å². The first-order valence-corrected chi connectivity index (χ1v) is 28.9. The number of carbonyl (C=O) groups is 9. The van der Waals surface area contributed by atoms with Crippen LogP contribution < -0.4 is 10.6 Å². The van der Waals surface area contributed by atoms with Crippen LogP contribution in [0.2, 0.25) is 0 Å². The second kappa shape index (κ2) is 30.1. The fraction of sp³-hybridized carbons (Fsp3) is 0.438. The van der Waals surface area contributed by atoms with Crippen molar-refractivity contribution in [2.75, 3.05) is 79.7 Å². The number of hydrogen-bond donors (Lipinski definition) is 3. The minimum Gasteiger partial charge on any atom is -0.480 e. The number of benzene rings is 4. The molecule has 2 aliphatic rings. The van der Waals surface area contributed by atoms with E-state index in [0.717, 1.165) is 31.4 Å². The first kappa shape index (κ1) is 66.5. The summed E-state index contributed by atoms with van der Waals surface area (Å²) >= 11 is 0. The number of aromatic nitrogens is 2. The number of methoxy groups -OCH3 is 2. The highest BCUT2D eigenvalue weighted by atomic mass is 16.7. The molecule has 0 bridgehead atoms. The van der Waals surface area contributed by atoms with Crippen LogP contribution in [0.5, 0.6) is 0 Å². The van der Waals surface area contributed by atoms with Crippen LogP contribution in [0.4, 0.5) is 4.79 Å². The van der Waals surface area contributed by atoms with Crippen LogP contribution >= 0.6 is 0 Å². The first-order valence-electron chi connectivity index (χ1n) is 28.9. The Morgan fingerprint density at radius 2 is 1.20 bits per heavy atom. The number of aliphatic carboxylic acids is 1. The molecule has 2 aliphatic heterocycles. The van der Waals surface area contributed by atoms with Crippen LogP contribution in [0.15, 0.2) is 134 Å². The molecule has 7 amide bonds. The van der Waals surface area contributed by atoms with E-state index in [4.69, 9.17) is 28.7 Å². The second-order valence-electron chi connectivity index (χ2n) is 23.3. The van der Waals surface area contributed by atoms with Gasteiger partial charge in [-0.1, -0.05) is 121 Å². The number of rotatable bonds is 26. The maximum atomic E-state index is 15.4. The topological polar surface area (TPSA) is 278 Å². The number of nitrogens with zero attached hydrogens (tertiary/aromatic N) is 7. The average Bonchev–Trinajstić information content (AvgIpc) is 1.32. The van der Waals surface area contributed by atoms with Crippen molar-refractivity contribution in [3.63, 3.8) is 0 Å². The molecule has 0 radical (unpaired) electrons. The molecule has 0 spiro atoms. The molecule has 2 fully saturated rings. The Labute approximate surface area is 512 Å². The lowest BCUT2D eigenvalue weighted by Crippen LogP contribution is -2.65. The number of carboxylic acids is 1. The molecule has 1 aromatic heterocycles. The van der Waals surface area contributed by atoms with Crippen LogP contribution in [0, 0.1) is 0 Å². The summed E-state index contributed by atoms with van der Waals surface area (Å²) in [6.45, 7) is 6.05. The number of amides is 7. The van der Waals surface area contributed by atoms with Crippen molar-refractivity contribution in [1.29, 1.82) is 0 Å². The number of hydrogen-bond acceptors (Lipinski definition) is 15. The highest BCUT2D eigenvalue weighted by Gasteiger charge is 2.45. The highest BCUT2D eigenvalue weighted by molar-refractivity contribution is 5.97. The van der Waals surface area contributed by atoms with E-state index in [-0.39, 0.29) is 52.4 Å². The third-order valence-corrected chi connectivity index (χ3v) is 14.7. The summed E-state index contributed by atoms with van der Waals surface area (Å²) in [4.78, 5) is 136. The summed E-state index contributed by atoms with van der Waals surface area (Å²) in [5, 5.41) is 14.7. The number of alkyl carbamates (subject to hydrolysis) is 1. The maximum Gasteiger partial charge on any atom is 0.408 e. The quantitative estimate of drug-likeness (QED) is 0.0403. The van der Waals surface area contributed by atoms with Gasteiger partial charge in [0, 0.05) is 53.0 Å². The van der Waals surface area contributed by atoms with Crippen LogP contribution in [0.1, 0.15) is 75.9 Å². The SMILES string of the molecule is COC(CN(CC(=O)N1CCN(CC(=O)N2CCN(CC(=O)O)C(=O)[C@@H]2CC(=O)NCC(=O)OC(C)(C)C)C(=O)[C@@H]1Cc1cn(C(c2ccccc2)(c2ccccc2)c2ccccc2)cn1)C(=O)[C@H](COC(C)(C)C)NC(=O)OCc1ccccc1)OC. The molecule has 470 valence electrons. The second-order valence-corrected chi connectivity index (χ2v) is 23.3. The van der Waals surface area contributed by atoms with Gasteiger partial charge in [0.25, 0.3) is 0 Å². The smallest absolute Gasteiger partial charge is 0.408 e. The number of esters is 1. The Bertz CT molecular complexity index is 3110. The molecule has 3 N–H and O–H groups in total. The molecule has 88 heavy (non-hydrogen) atoms. The number of carboxylic acid groups (broad SMARTS) is 1. The van der Waals surface area contributed by atoms with Crippen LogP contribution in [-0.2, 0) is 80.6 Å². The van der Waals surface area contributed by atoms with Gasteiger partial charge in [0.15, 0.2) is 6.29 Å². The number of nitrogens with one attached hydrogen (secondary N) is 2. The maximum absolute atomic E-state index is 15.4. The van der Waals surface area contributed by atoms with E-state index in [0.29, 0.717) is 11.3 Å². The lowest BCUT2D eigenvalue weighted by atomic mass is 9.77. The molecule has 7 rings (SSSR count). The molecule has 5 aromatic rings. The molecule has 0 aliphatic carbocycles. The van der Waals surface area contributed by atoms with Crippen LogP contribution in [0.3, 0.4) is 0 Å². The monoisotopic (exact) mass is 1210 g/mol. The van der Waals surface area contributed by atoms with E-state index in [2.05, 4.69) is 10.6 Å². The van der Waals surface area contributed by atoms with Crippen molar-refractivity contribution in [2.45, 2.75) is 102 Å².